The molecular weight excluding hydrogens is 506 g/mol. The van der Waals surface area contributed by atoms with E-state index in [2.05, 4.69) is 15.5 Å². The van der Waals surface area contributed by atoms with Crippen LogP contribution in [0.1, 0.15) is 25.3 Å². The third kappa shape index (κ3) is 7.04. The molecule has 2 aromatic rings. The fraction of sp³-hybridized carbons (Fsp3) is 0.538. The standard InChI is InChI=1S/C26H33F4N5O3/c1-16-9-21(27)22(32-25(37)35-4-3-18(14-35)13-26(28,29)30)12-20(16)19-10-23(31-17(2)15-36)33-24(11-19)34-5-7-38-8-6-34/h9-12,17-18,36H,3-8,13-15H2,1-2H3,(H,31,33)(H,32,37)/t17?,18-/m0/s1. The number of aryl methyl sites for hydroxylation is 1. The SMILES string of the molecule is Cc1cc(F)c(NC(=O)N2CC[C@@H](CC(F)(F)F)C2)cc1-c1cc(NC(C)CO)nc(N2CCOCC2)c1. The third-order valence-corrected chi connectivity index (χ3v) is 6.77. The van der Waals surface area contributed by atoms with Crippen LogP contribution < -0.4 is 15.5 Å². The average molecular weight is 540 g/mol. The van der Waals surface area contributed by atoms with Crippen LogP contribution in [0.15, 0.2) is 24.3 Å². The van der Waals surface area contributed by atoms with Crippen LogP contribution in [0.3, 0.4) is 0 Å². The molecule has 3 heterocycles. The van der Waals surface area contributed by atoms with Gasteiger partial charge in [0.05, 0.1) is 25.5 Å². The lowest BCUT2D eigenvalue weighted by Gasteiger charge is -2.29. The molecule has 208 valence electrons. The number of amides is 2. The van der Waals surface area contributed by atoms with E-state index in [0.29, 0.717) is 49.1 Å². The number of alkyl halides is 3. The van der Waals surface area contributed by atoms with Crippen LogP contribution >= 0.6 is 0 Å². The van der Waals surface area contributed by atoms with Gasteiger partial charge in [-0.3, -0.25) is 0 Å². The first kappa shape index (κ1) is 27.9. The smallest absolute Gasteiger partial charge is 0.389 e. The summed E-state index contributed by atoms with van der Waals surface area (Å²) in [5.74, 6) is -0.0738. The van der Waals surface area contributed by atoms with Gasteiger partial charge in [0.1, 0.15) is 17.5 Å². The Morgan fingerprint density at radius 3 is 2.63 bits per heavy atom. The summed E-state index contributed by atoms with van der Waals surface area (Å²) in [6, 6.07) is 5.65. The number of anilines is 3. The highest BCUT2D eigenvalue weighted by Crippen LogP contribution is 2.34. The molecule has 3 N–H and O–H groups in total. The molecule has 0 saturated carbocycles. The Labute approximate surface area is 219 Å². The first-order valence-electron chi connectivity index (χ1n) is 12.7. The fourth-order valence-corrected chi connectivity index (χ4v) is 4.78. The molecule has 8 nitrogen and oxygen atoms in total. The van der Waals surface area contributed by atoms with Gasteiger partial charge >= 0.3 is 12.2 Å². The van der Waals surface area contributed by atoms with E-state index < -0.39 is 30.4 Å². The van der Waals surface area contributed by atoms with Crippen LogP contribution in [0.2, 0.25) is 0 Å². The minimum atomic E-state index is -4.29. The van der Waals surface area contributed by atoms with Crippen molar-refractivity contribution in [3.8, 4) is 11.1 Å². The molecule has 1 unspecified atom stereocenters. The Bertz CT molecular complexity index is 1140. The molecule has 2 saturated heterocycles. The fourth-order valence-electron chi connectivity index (χ4n) is 4.78. The molecule has 0 aliphatic carbocycles. The Kier molecular flexibility index (Phi) is 8.61. The molecule has 2 aliphatic heterocycles. The first-order chi connectivity index (χ1) is 18.0. The summed E-state index contributed by atoms with van der Waals surface area (Å²) < 4.78 is 58.6. The van der Waals surface area contributed by atoms with Crippen molar-refractivity contribution in [2.75, 3.05) is 61.5 Å². The van der Waals surface area contributed by atoms with Gasteiger partial charge in [0.2, 0.25) is 0 Å². The van der Waals surface area contributed by atoms with Crippen molar-refractivity contribution in [2.24, 2.45) is 5.92 Å². The van der Waals surface area contributed by atoms with Crippen molar-refractivity contribution in [1.29, 1.82) is 0 Å². The molecule has 2 atom stereocenters. The molecule has 2 aliphatic rings. The number of morpholine rings is 1. The highest BCUT2D eigenvalue weighted by atomic mass is 19.4. The molecule has 2 amide bonds. The lowest BCUT2D eigenvalue weighted by Crippen LogP contribution is -2.37. The van der Waals surface area contributed by atoms with Gasteiger partial charge in [0.15, 0.2) is 0 Å². The zero-order valence-electron chi connectivity index (χ0n) is 21.4. The van der Waals surface area contributed by atoms with E-state index in [1.54, 1.807) is 13.0 Å². The molecule has 1 aromatic heterocycles. The number of aromatic nitrogens is 1. The minimum absolute atomic E-state index is 0.0307. The number of benzene rings is 1. The zero-order chi connectivity index (χ0) is 27.4. The first-order valence-corrected chi connectivity index (χ1v) is 12.7. The molecular formula is C26H33F4N5O3. The van der Waals surface area contributed by atoms with E-state index >= 15 is 0 Å². The largest absolute Gasteiger partial charge is 0.394 e. The topological polar surface area (TPSA) is 90.0 Å². The Hall–Kier alpha value is -3.12. The number of hydrogen-bond acceptors (Lipinski definition) is 6. The van der Waals surface area contributed by atoms with Crippen molar-refractivity contribution in [3.05, 3.63) is 35.6 Å². The van der Waals surface area contributed by atoms with E-state index in [1.165, 1.54) is 17.0 Å². The molecule has 0 spiro atoms. The van der Waals surface area contributed by atoms with Gasteiger partial charge in [-0.05, 0) is 67.1 Å². The van der Waals surface area contributed by atoms with Gasteiger partial charge in [-0.25, -0.2) is 14.2 Å². The van der Waals surface area contributed by atoms with Gasteiger partial charge in [-0.15, -0.1) is 0 Å². The lowest BCUT2D eigenvalue weighted by atomic mass is 9.99. The number of likely N-dealkylation sites (tertiary alicyclic amines) is 1. The molecule has 38 heavy (non-hydrogen) atoms. The second-order valence-corrected chi connectivity index (χ2v) is 9.92. The second-order valence-electron chi connectivity index (χ2n) is 9.92. The van der Waals surface area contributed by atoms with Crippen molar-refractivity contribution >= 4 is 23.4 Å². The molecule has 0 radical (unpaired) electrons. The highest BCUT2D eigenvalue weighted by molar-refractivity contribution is 5.91. The summed E-state index contributed by atoms with van der Waals surface area (Å²) >= 11 is 0. The van der Waals surface area contributed by atoms with E-state index in [1.807, 2.05) is 13.0 Å². The number of ether oxygens (including phenoxy) is 1. The number of carbonyl (C=O) groups excluding carboxylic acids is 1. The summed E-state index contributed by atoms with van der Waals surface area (Å²) in [4.78, 5) is 20.8. The predicted molar refractivity (Wildman–Crippen MR) is 137 cm³/mol. The quantitative estimate of drug-likeness (QED) is 0.445. The van der Waals surface area contributed by atoms with E-state index in [4.69, 9.17) is 9.72 Å². The van der Waals surface area contributed by atoms with Crippen LogP contribution in [0.4, 0.5) is 39.7 Å². The number of nitrogens with zero attached hydrogens (tertiary/aromatic N) is 3. The highest BCUT2D eigenvalue weighted by Gasteiger charge is 2.36. The van der Waals surface area contributed by atoms with E-state index in [0.717, 1.165) is 5.56 Å². The number of hydrogen-bond donors (Lipinski definition) is 3. The Balaban J connectivity index is 1.60. The molecule has 1 aromatic carbocycles. The molecule has 12 heteroatoms. The summed E-state index contributed by atoms with van der Waals surface area (Å²) in [5, 5.41) is 15.2. The number of urea groups is 1. The maximum absolute atomic E-state index is 14.9. The lowest BCUT2D eigenvalue weighted by molar-refractivity contribution is -0.143. The number of halogens is 4. The molecule has 2 fully saturated rings. The summed E-state index contributed by atoms with van der Waals surface area (Å²) in [6.45, 7) is 6.06. The summed E-state index contributed by atoms with van der Waals surface area (Å²) in [6.07, 6.45) is -4.99. The van der Waals surface area contributed by atoms with Crippen LogP contribution in [-0.2, 0) is 4.74 Å². The zero-order valence-corrected chi connectivity index (χ0v) is 21.4. The van der Waals surface area contributed by atoms with E-state index in [9.17, 15) is 27.5 Å². The Morgan fingerprint density at radius 2 is 1.95 bits per heavy atom. The minimum Gasteiger partial charge on any atom is -0.394 e. The van der Waals surface area contributed by atoms with Crippen LogP contribution in [0.25, 0.3) is 11.1 Å². The maximum Gasteiger partial charge on any atom is 0.389 e. The van der Waals surface area contributed by atoms with Crippen molar-refractivity contribution < 1.29 is 32.2 Å². The summed E-state index contributed by atoms with van der Waals surface area (Å²) in [5.41, 5.74) is 1.97. The van der Waals surface area contributed by atoms with Gasteiger partial charge in [-0.2, -0.15) is 13.2 Å². The normalized spacial score (nSPS) is 19.0. The van der Waals surface area contributed by atoms with E-state index in [-0.39, 0.29) is 37.8 Å². The van der Waals surface area contributed by atoms with Gasteiger partial charge in [0.25, 0.3) is 0 Å². The number of rotatable bonds is 7. The maximum atomic E-state index is 14.9. The molecule has 4 rings (SSSR count). The summed E-state index contributed by atoms with van der Waals surface area (Å²) in [7, 11) is 0. The van der Waals surface area contributed by atoms with Crippen LogP contribution in [-0.4, -0.2) is 79.2 Å². The van der Waals surface area contributed by atoms with Crippen molar-refractivity contribution in [1.82, 2.24) is 9.88 Å². The number of pyridine rings is 1. The van der Waals surface area contributed by atoms with Crippen LogP contribution in [0, 0.1) is 18.7 Å². The van der Waals surface area contributed by atoms with Crippen molar-refractivity contribution in [2.45, 2.75) is 38.9 Å². The van der Waals surface area contributed by atoms with Gasteiger partial charge in [-0.1, -0.05) is 0 Å². The number of aliphatic hydroxyl groups is 1. The second kappa shape index (κ2) is 11.7. The number of nitrogens with one attached hydrogen (secondary N) is 2. The van der Waals surface area contributed by atoms with Gasteiger partial charge < -0.3 is 30.3 Å². The Morgan fingerprint density at radius 1 is 1.21 bits per heavy atom. The molecule has 0 bridgehead atoms. The monoisotopic (exact) mass is 539 g/mol. The third-order valence-electron chi connectivity index (χ3n) is 6.77. The average Bonchev–Trinajstić information content (AvgIpc) is 3.33. The number of aliphatic hydroxyl groups excluding tert-OH is 1. The van der Waals surface area contributed by atoms with Crippen molar-refractivity contribution in [3.63, 3.8) is 0 Å². The number of carbonyl (C=O) groups is 1. The predicted octanol–water partition coefficient (Wildman–Crippen LogP) is 4.63. The van der Waals surface area contributed by atoms with Crippen LogP contribution in [0.5, 0.6) is 0 Å². The van der Waals surface area contributed by atoms with Gasteiger partial charge in [0, 0.05) is 38.6 Å².